The molecule has 0 bridgehead atoms. The van der Waals surface area contributed by atoms with Crippen LogP contribution in [0, 0.1) is 0 Å². The summed E-state index contributed by atoms with van der Waals surface area (Å²) in [6.45, 7) is 3.78. The van der Waals surface area contributed by atoms with Gasteiger partial charge in [-0.1, -0.05) is 0 Å². The fraction of sp³-hybridized carbons (Fsp3) is 0.400. The van der Waals surface area contributed by atoms with Gasteiger partial charge in [-0.25, -0.2) is 0 Å². The Balaban J connectivity index is 2.59. The van der Waals surface area contributed by atoms with Crippen LogP contribution in [-0.2, 0) is 16.1 Å². The van der Waals surface area contributed by atoms with Gasteiger partial charge in [0.05, 0.1) is 6.61 Å². The van der Waals surface area contributed by atoms with Gasteiger partial charge in [0.2, 0.25) is 0 Å². The first-order chi connectivity index (χ1) is 6.63. The first-order valence-corrected chi connectivity index (χ1v) is 4.46. The molecular formula is C10H13NO3. The van der Waals surface area contributed by atoms with Gasteiger partial charge < -0.3 is 9.30 Å². The Morgan fingerprint density at radius 3 is 2.71 bits per heavy atom. The third-order valence-corrected chi connectivity index (χ3v) is 1.77. The molecule has 0 aromatic carbocycles. The van der Waals surface area contributed by atoms with Gasteiger partial charge in [-0.2, -0.15) is 0 Å². The summed E-state index contributed by atoms with van der Waals surface area (Å²) in [5.74, 6) is -0.300. The Morgan fingerprint density at radius 2 is 2.21 bits per heavy atom. The van der Waals surface area contributed by atoms with E-state index in [1.165, 1.54) is 6.92 Å². The molecule has 0 fully saturated rings. The summed E-state index contributed by atoms with van der Waals surface area (Å²) < 4.78 is 6.40. The van der Waals surface area contributed by atoms with Crippen LogP contribution in [0.15, 0.2) is 18.5 Å². The molecule has 1 heterocycles. The molecular weight excluding hydrogens is 182 g/mol. The summed E-state index contributed by atoms with van der Waals surface area (Å²) in [5, 5.41) is 0. The van der Waals surface area contributed by atoms with E-state index in [4.69, 9.17) is 4.74 Å². The average molecular weight is 195 g/mol. The number of esters is 1. The topological polar surface area (TPSA) is 48.3 Å². The summed E-state index contributed by atoms with van der Waals surface area (Å²) >= 11 is 0. The summed E-state index contributed by atoms with van der Waals surface area (Å²) in [4.78, 5) is 22.0. The Labute approximate surface area is 82.5 Å². The third kappa shape index (κ3) is 2.73. The lowest BCUT2D eigenvalue weighted by Gasteiger charge is -2.01. The zero-order chi connectivity index (χ0) is 10.6. The van der Waals surface area contributed by atoms with Crippen molar-refractivity contribution < 1.29 is 14.3 Å². The van der Waals surface area contributed by atoms with E-state index in [1.807, 2.05) is 0 Å². The summed E-state index contributed by atoms with van der Waals surface area (Å²) in [7, 11) is 0. The first kappa shape index (κ1) is 10.5. The van der Waals surface area contributed by atoms with Crippen LogP contribution in [0.3, 0.4) is 0 Å². The molecule has 0 saturated heterocycles. The highest BCUT2D eigenvalue weighted by Crippen LogP contribution is 2.02. The molecule has 0 spiro atoms. The number of carbonyl (C=O) groups is 2. The van der Waals surface area contributed by atoms with Crippen molar-refractivity contribution in [3.63, 3.8) is 0 Å². The highest BCUT2D eigenvalue weighted by Gasteiger charge is 2.05. The smallest absolute Gasteiger partial charge is 0.325 e. The second kappa shape index (κ2) is 4.60. The molecule has 0 aliphatic rings. The molecule has 0 saturated carbocycles. The molecule has 1 rings (SSSR count). The number of Topliss-reactive ketones (excluding diaryl/α,β-unsaturated/α-hetero) is 1. The molecule has 0 unspecified atom stereocenters. The fourth-order valence-electron chi connectivity index (χ4n) is 1.10. The lowest BCUT2D eigenvalue weighted by Crippen LogP contribution is -2.11. The Kier molecular flexibility index (Phi) is 3.45. The van der Waals surface area contributed by atoms with Crippen LogP contribution in [-0.4, -0.2) is 22.9 Å². The quantitative estimate of drug-likeness (QED) is 0.536. The van der Waals surface area contributed by atoms with Crippen molar-refractivity contribution in [1.82, 2.24) is 4.57 Å². The van der Waals surface area contributed by atoms with Crippen molar-refractivity contribution in [2.24, 2.45) is 0 Å². The molecule has 0 aliphatic carbocycles. The maximum Gasteiger partial charge on any atom is 0.325 e. The van der Waals surface area contributed by atoms with Gasteiger partial charge in [0, 0.05) is 18.0 Å². The molecule has 1 aromatic heterocycles. The molecule has 0 atom stereocenters. The average Bonchev–Trinajstić information content (AvgIpc) is 2.53. The zero-order valence-corrected chi connectivity index (χ0v) is 8.32. The number of ketones is 1. The van der Waals surface area contributed by atoms with E-state index in [0.717, 1.165) is 0 Å². The lowest BCUT2D eigenvalue weighted by molar-refractivity contribution is -0.143. The van der Waals surface area contributed by atoms with Crippen molar-refractivity contribution in [2.75, 3.05) is 6.61 Å². The van der Waals surface area contributed by atoms with Gasteiger partial charge in [0.1, 0.15) is 6.54 Å². The van der Waals surface area contributed by atoms with Gasteiger partial charge in [-0.3, -0.25) is 9.59 Å². The van der Waals surface area contributed by atoms with Crippen LogP contribution in [0.5, 0.6) is 0 Å². The van der Waals surface area contributed by atoms with Crippen molar-refractivity contribution in [2.45, 2.75) is 20.4 Å². The molecule has 14 heavy (non-hydrogen) atoms. The van der Waals surface area contributed by atoms with Gasteiger partial charge in [0.25, 0.3) is 0 Å². The molecule has 4 heteroatoms. The maximum absolute atomic E-state index is 11.1. The predicted molar refractivity (Wildman–Crippen MR) is 51.1 cm³/mol. The number of aromatic nitrogens is 1. The highest BCUT2D eigenvalue weighted by atomic mass is 16.5. The van der Waals surface area contributed by atoms with Crippen LogP contribution in [0.25, 0.3) is 0 Å². The Morgan fingerprint density at radius 1 is 1.50 bits per heavy atom. The van der Waals surface area contributed by atoms with Gasteiger partial charge in [0.15, 0.2) is 5.78 Å². The third-order valence-electron chi connectivity index (χ3n) is 1.77. The Bertz CT molecular complexity index is 341. The molecule has 1 aromatic rings. The molecule has 0 amide bonds. The number of rotatable bonds is 4. The van der Waals surface area contributed by atoms with E-state index < -0.39 is 0 Å². The molecule has 0 radical (unpaired) electrons. The van der Waals surface area contributed by atoms with E-state index in [9.17, 15) is 9.59 Å². The van der Waals surface area contributed by atoms with Crippen LogP contribution in [0.4, 0.5) is 0 Å². The van der Waals surface area contributed by atoms with Crippen LogP contribution in [0.1, 0.15) is 24.2 Å². The van der Waals surface area contributed by atoms with Crippen molar-refractivity contribution in [3.05, 3.63) is 24.0 Å². The monoisotopic (exact) mass is 195 g/mol. The van der Waals surface area contributed by atoms with Crippen molar-refractivity contribution >= 4 is 11.8 Å². The van der Waals surface area contributed by atoms with Crippen LogP contribution >= 0.6 is 0 Å². The number of ether oxygens (including phenoxy) is 1. The van der Waals surface area contributed by atoms with E-state index >= 15 is 0 Å². The second-order valence-corrected chi connectivity index (χ2v) is 2.93. The predicted octanol–water partition coefficient (Wildman–Crippen LogP) is 1.25. The summed E-state index contributed by atoms with van der Waals surface area (Å²) in [5.41, 5.74) is 0.606. The van der Waals surface area contributed by atoms with E-state index in [0.29, 0.717) is 12.2 Å². The second-order valence-electron chi connectivity index (χ2n) is 2.93. The van der Waals surface area contributed by atoms with Gasteiger partial charge in [-0.05, 0) is 19.9 Å². The molecule has 4 nitrogen and oxygen atoms in total. The van der Waals surface area contributed by atoms with E-state index in [1.54, 1.807) is 30.0 Å². The van der Waals surface area contributed by atoms with E-state index in [2.05, 4.69) is 0 Å². The number of hydrogen-bond acceptors (Lipinski definition) is 3. The van der Waals surface area contributed by atoms with Gasteiger partial charge in [-0.15, -0.1) is 0 Å². The van der Waals surface area contributed by atoms with Crippen molar-refractivity contribution in [1.29, 1.82) is 0 Å². The van der Waals surface area contributed by atoms with Crippen LogP contribution < -0.4 is 0 Å². The summed E-state index contributed by atoms with van der Waals surface area (Å²) in [6.07, 6.45) is 3.33. The Hall–Kier alpha value is -1.58. The standard InChI is InChI=1S/C10H13NO3/c1-3-14-10(13)7-11-5-4-9(6-11)8(2)12/h4-6H,3,7H2,1-2H3. The first-order valence-electron chi connectivity index (χ1n) is 4.46. The number of carbonyl (C=O) groups excluding carboxylic acids is 2. The van der Waals surface area contributed by atoms with Crippen molar-refractivity contribution in [3.8, 4) is 0 Å². The van der Waals surface area contributed by atoms with E-state index in [-0.39, 0.29) is 18.3 Å². The highest BCUT2D eigenvalue weighted by molar-refractivity contribution is 5.93. The minimum Gasteiger partial charge on any atom is -0.465 e. The minimum absolute atomic E-state index is 0.00684. The van der Waals surface area contributed by atoms with Gasteiger partial charge >= 0.3 is 5.97 Å². The number of nitrogens with zero attached hydrogens (tertiary/aromatic N) is 1. The minimum atomic E-state index is -0.293. The zero-order valence-electron chi connectivity index (χ0n) is 8.32. The normalized spacial score (nSPS) is 9.86. The lowest BCUT2D eigenvalue weighted by atomic mass is 10.2. The largest absolute Gasteiger partial charge is 0.465 e. The summed E-state index contributed by atoms with van der Waals surface area (Å²) in [6, 6.07) is 1.68. The molecule has 0 aliphatic heterocycles. The number of hydrogen-bond donors (Lipinski definition) is 0. The molecule has 76 valence electrons. The van der Waals surface area contributed by atoms with Crippen LogP contribution in [0.2, 0.25) is 0 Å². The maximum atomic E-state index is 11.1. The molecule has 0 N–H and O–H groups in total. The SMILES string of the molecule is CCOC(=O)Cn1ccc(C(C)=O)c1. The fourth-order valence-corrected chi connectivity index (χ4v) is 1.10.